The predicted molar refractivity (Wildman–Crippen MR) is 91.0 cm³/mol. The summed E-state index contributed by atoms with van der Waals surface area (Å²) in [7, 11) is 0. The zero-order chi connectivity index (χ0) is 16.3. The molecule has 116 valence electrons. The highest BCUT2D eigenvalue weighted by Gasteiger charge is 2.19. The number of benzene rings is 1. The molecule has 0 aliphatic carbocycles. The summed E-state index contributed by atoms with van der Waals surface area (Å²) >= 11 is 17.8. The SMILES string of the molecule is CCc1ccc(C(C)NC(=O)c2ncc(Cl)c(Cl)c2Cl)cc1. The first-order chi connectivity index (χ1) is 10.4. The summed E-state index contributed by atoms with van der Waals surface area (Å²) in [5, 5.41) is 3.25. The highest BCUT2D eigenvalue weighted by molar-refractivity contribution is 6.48. The van der Waals surface area contributed by atoms with Crippen LogP contribution in [-0.2, 0) is 6.42 Å². The van der Waals surface area contributed by atoms with Crippen molar-refractivity contribution in [1.82, 2.24) is 10.3 Å². The minimum atomic E-state index is -0.393. The van der Waals surface area contributed by atoms with Gasteiger partial charge in [0.2, 0.25) is 0 Å². The second kappa shape index (κ2) is 7.32. The second-order valence-corrected chi connectivity index (χ2v) is 6.04. The zero-order valence-corrected chi connectivity index (χ0v) is 14.4. The minimum Gasteiger partial charge on any atom is -0.344 e. The van der Waals surface area contributed by atoms with Crippen molar-refractivity contribution >= 4 is 40.7 Å². The van der Waals surface area contributed by atoms with Crippen LogP contribution in [0.2, 0.25) is 15.1 Å². The van der Waals surface area contributed by atoms with Crippen LogP contribution in [0.25, 0.3) is 0 Å². The molecule has 22 heavy (non-hydrogen) atoms. The molecule has 2 rings (SSSR count). The lowest BCUT2D eigenvalue weighted by atomic mass is 10.0. The summed E-state index contributed by atoms with van der Waals surface area (Å²) in [5.74, 6) is -0.393. The van der Waals surface area contributed by atoms with Crippen molar-refractivity contribution in [2.75, 3.05) is 0 Å². The maximum absolute atomic E-state index is 12.3. The van der Waals surface area contributed by atoms with E-state index in [4.69, 9.17) is 34.8 Å². The molecule has 1 N–H and O–H groups in total. The maximum Gasteiger partial charge on any atom is 0.271 e. The van der Waals surface area contributed by atoms with E-state index in [-0.39, 0.29) is 26.8 Å². The molecule has 2 aromatic rings. The third kappa shape index (κ3) is 3.72. The Hall–Kier alpha value is -1.29. The number of hydrogen-bond acceptors (Lipinski definition) is 2. The molecule has 3 nitrogen and oxygen atoms in total. The van der Waals surface area contributed by atoms with Gasteiger partial charge in [0.1, 0.15) is 5.69 Å². The van der Waals surface area contributed by atoms with E-state index >= 15 is 0 Å². The van der Waals surface area contributed by atoms with Crippen LogP contribution in [0.5, 0.6) is 0 Å². The molecule has 1 unspecified atom stereocenters. The van der Waals surface area contributed by atoms with Gasteiger partial charge in [-0.3, -0.25) is 4.79 Å². The molecule has 0 aliphatic heterocycles. The fraction of sp³-hybridized carbons (Fsp3) is 0.250. The van der Waals surface area contributed by atoms with Gasteiger partial charge in [0.05, 0.1) is 21.1 Å². The lowest BCUT2D eigenvalue weighted by Crippen LogP contribution is -2.27. The minimum absolute atomic E-state index is 0.0557. The summed E-state index contributed by atoms with van der Waals surface area (Å²) in [5.41, 5.74) is 2.31. The van der Waals surface area contributed by atoms with Crippen molar-refractivity contribution in [2.45, 2.75) is 26.3 Å². The molecular formula is C16H15Cl3N2O. The van der Waals surface area contributed by atoms with Crippen molar-refractivity contribution in [2.24, 2.45) is 0 Å². The van der Waals surface area contributed by atoms with Gasteiger partial charge in [-0.15, -0.1) is 0 Å². The quantitative estimate of drug-likeness (QED) is 0.827. The Morgan fingerprint density at radius 1 is 1.18 bits per heavy atom. The largest absolute Gasteiger partial charge is 0.344 e. The fourth-order valence-corrected chi connectivity index (χ4v) is 2.56. The third-order valence-electron chi connectivity index (χ3n) is 3.37. The Labute approximate surface area is 144 Å². The zero-order valence-electron chi connectivity index (χ0n) is 12.2. The maximum atomic E-state index is 12.3. The van der Waals surface area contributed by atoms with Gasteiger partial charge >= 0.3 is 0 Å². The number of carbonyl (C=O) groups excluding carboxylic acids is 1. The molecule has 0 radical (unpaired) electrons. The molecule has 0 spiro atoms. The van der Waals surface area contributed by atoms with Crippen molar-refractivity contribution in [1.29, 1.82) is 0 Å². The molecule has 6 heteroatoms. The molecule has 0 fully saturated rings. The molecule has 1 amide bonds. The van der Waals surface area contributed by atoms with Gasteiger partial charge in [-0.05, 0) is 24.5 Å². The van der Waals surface area contributed by atoms with E-state index in [0.29, 0.717) is 0 Å². The third-order valence-corrected chi connectivity index (χ3v) is 4.61. The molecular weight excluding hydrogens is 343 g/mol. The normalized spacial score (nSPS) is 12.0. The van der Waals surface area contributed by atoms with Gasteiger partial charge in [0, 0.05) is 6.20 Å². The number of amides is 1. The fourth-order valence-electron chi connectivity index (χ4n) is 1.99. The number of nitrogens with zero attached hydrogens (tertiary/aromatic N) is 1. The van der Waals surface area contributed by atoms with Crippen LogP contribution < -0.4 is 5.32 Å². The average molecular weight is 358 g/mol. The van der Waals surface area contributed by atoms with E-state index < -0.39 is 5.91 Å². The molecule has 1 aromatic heterocycles. The molecule has 1 aromatic carbocycles. The van der Waals surface area contributed by atoms with E-state index in [1.165, 1.54) is 11.8 Å². The standard InChI is InChI=1S/C16H15Cl3N2O/c1-3-10-4-6-11(7-5-10)9(2)21-16(22)15-14(19)13(18)12(17)8-20-15/h4-9H,3H2,1-2H3,(H,21,22). The van der Waals surface area contributed by atoms with Crippen LogP contribution in [0.3, 0.4) is 0 Å². The van der Waals surface area contributed by atoms with Crippen molar-refractivity contribution in [3.63, 3.8) is 0 Å². The van der Waals surface area contributed by atoms with Crippen molar-refractivity contribution in [3.8, 4) is 0 Å². The lowest BCUT2D eigenvalue weighted by molar-refractivity contribution is 0.0935. The monoisotopic (exact) mass is 356 g/mol. The first-order valence-electron chi connectivity index (χ1n) is 6.83. The molecule has 1 heterocycles. The van der Waals surface area contributed by atoms with Gasteiger partial charge in [-0.25, -0.2) is 4.98 Å². The molecule has 0 saturated carbocycles. The summed E-state index contributed by atoms with van der Waals surface area (Å²) in [6.45, 7) is 3.99. The molecule has 0 aliphatic rings. The van der Waals surface area contributed by atoms with E-state index in [1.54, 1.807) is 0 Å². The lowest BCUT2D eigenvalue weighted by Gasteiger charge is -2.15. The van der Waals surface area contributed by atoms with Gasteiger partial charge in [-0.1, -0.05) is 66.0 Å². The van der Waals surface area contributed by atoms with Crippen LogP contribution in [0.15, 0.2) is 30.5 Å². The summed E-state index contributed by atoms with van der Waals surface area (Å²) in [4.78, 5) is 16.2. The summed E-state index contributed by atoms with van der Waals surface area (Å²) in [6.07, 6.45) is 2.29. The Kier molecular flexibility index (Phi) is 5.68. The van der Waals surface area contributed by atoms with Crippen LogP contribution in [0.4, 0.5) is 0 Å². The Morgan fingerprint density at radius 2 is 1.82 bits per heavy atom. The first kappa shape index (κ1) is 17.1. The molecule has 1 atom stereocenters. The topological polar surface area (TPSA) is 42.0 Å². The van der Waals surface area contributed by atoms with Gasteiger partial charge in [-0.2, -0.15) is 0 Å². The summed E-state index contributed by atoms with van der Waals surface area (Å²) in [6, 6.07) is 7.90. The number of aromatic nitrogens is 1. The highest BCUT2D eigenvalue weighted by Crippen LogP contribution is 2.31. The summed E-state index contributed by atoms with van der Waals surface area (Å²) < 4.78 is 0. The number of halogens is 3. The Morgan fingerprint density at radius 3 is 2.41 bits per heavy atom. The number of aryl methyl sites for hydroxylation is 1. The van der Waals surface area contributed by atoms with E-state index in [9.17, 15) is 4.79 Å². The van der Waals surface area contributed by atoms with E-state index in [2.05, 4.69) is 17.2 Å². The van der Waals surface area contributed by atoms with Gasteiger partial charge < -0.3 is 5.32 Å². The Bertz CT molecular complexity index is 687. The van der Waals surface area contributed by atoms with E-state index in [0.717, 1.165) is 12.0 Å². The van der Waals surface area contributed by atoms with Crippen LogP contribution >= 0.6 is 34.8 Å². The average Bonchev–Trinajstić information content (AvgIpc) is 2.52. The number of rotatable bonds is 4. The molecule has 0 bridgehead atoms. The smallest absolute Gasteiger partial charge is 0.271 e. The number of nitrogens with one attached hydrogen (secondary N) is 1. The van der Waals surface area contributed by atoms with Gasteiger partial charge in [0.25, 0.3) is 5.91 Å². The number of carbonyl (C=O) groups is 1. The molecule has 0 saturated heterocycles. The first-order valence-corrected chi connectivity index (χ1v) is 7.96. The van der Waals surface area contributed by atoms with Crippen LogP contribution in [0, 0.1) is 0 Å². The highest BCUT2D eigenvalue weighted by atomic mass is 35.5. The van der Waals surface area contributed by atoms with Crippen LogP contribution in [0.1, 0.15) is 41.5 Å². The number of hydrogen-bond donors (Lipinski definition) is 1. The van der Waals surface area contributed by atoms with Gasteiger partial charge in [0.15, 0.2) is 0 Å². The number of pyridine rings is 1. The predicted octanol–water partition coefficient (Wildman–Crippen LogP) is 5.10. The van der Waals surface area contributed by atoms with Crippen molar-refractivity contribution in [3.05, 3.63) is 62.4 Å². The second-order valence-electron chi connectivity index (χ2n) is 4.87. The van der Waals surface area contributed by atoms with Crippen LogP contribution in [-0.4, -0.2) is 10.9 Å². The van der Waals surface area contributed by atoms with E-state index in [1.807, 2.05) is 31.2 Å². The Balaban J connectivity index is 2.15. The van der Waals surface area contributed by atoms with Crippen molar-refractivity contribution < 1.29 is 4.79 Å².